The molecule has 3 aromatic rings. The first-order chi connectivity index (χ1) is 14.5. The number of aromatic nitrogens is 2. The number of methoxy groups -OCH3 is 1. The molecule has 1 aromatic heterocycles. The predicted octanol–water partition coefficient (Wildman–Crippen LogP) is 3.74. The van der Waals surface area contributed by atoms with Crippen molar-refractivity contribution in [3.8, 4) is 22.9 Å². The Balaban J connectivity index is 1.43. The molecule has 0 aliphatic carbocycles. The highest BCUT2D eigenvalue weighted by Crippen LogP contribution is 2.25. The number of hydrogen-bond acceptors (Lipinski definition) is 6. The second kappa shape index (κ2) is 8.49. The van der Waals surface area contributed by atoms with Gasteiger partial charge < -0.3 is 14.1 Å². The van der Waals surface area contributed by atoms with Crippen LogP contribution in [0.5, 0.6) is 0 Å². The Labute approximate surface area is 174 Å². The number of ether oxygens (including phenoxy) is 1. The zero-order valence-corrected chi connectivity index (χ0v) is 17.0. The number of rotatable bonds is 4. The molecular weight excluding hydrogens is 382 g/mol. The summed E-state index contributed by atoms with van der Waals surface area (Å²) in [7, 11) is 1.40. The monoisotopic (exact) mass is 405 g/mol. The molecule has 1 aliphatic rings. The van der Waals surface area contributed by atoms with Crippen molar-refractivity contribution in [2.75, 3.05) is 20.2 Å². The molecule has 2 aromatic carbocycles. The summed E-state index contributed by atoms with van der Waals surface area (Å²) in [5, 5.41) is 8.27. The molecule has 7 heteroatoms. The SMILES string of the molecule is COC(=O)C1CCN(C(=O)c2ccc(-c3nnc(-c4cccc(C)c4)o3)cc2)CC1. The van der Waals surface area contributed by atoms with Gasteiger partial charge in [0.05, 0.1) is 13.0 Å². The van der Waals surface area contributed by atoms with Crippen molar-refractivity contribution < 1.29 is 18.7 Å². The average Bonchev–Trinajstić information content (AvgIpc) is 3.29. The third kappa shape index (κ3) is 4.10. The molecule has 30 heavy (non-hydrogen) atoms. The normalized spacial score (nSPS) is 14.5. The zero-order chi connectivity index (χ0) is 21.1. The first-order valence-electron chi connectivity index (χ1n) is 9.93. The van der Waals surface area contributed by atoms with Gasteiger partial charge in [-0.25, -0.2) is 0 Å². The molecule has 4 rings (SSSR count). The van der Waals surface area contributed by atoms with E-state index in [4.69, 9.17) is 9.15 Å². The molecule has 1 aliphatic heterocycles. The van der Waals surface area contributed by atoms with Crippen LogP contribution in [0.3, 0.4) is 0 Å². The lowest BCUT2D eigenvalue weighted by Gasteiger charge is -2.30. The van der Waals surface area contributed by atoms with Gasteiger partial charge in [-0.2, -0.15) is 0 Å². The zero-order valence-electron chi connectivity index (χ0n) is 17.0. The van der Waals surface area contributed by atoms with Gasteiger partial charge in [0.25, 0.3) is 5.91 Å². The van der Waals surface area contributed by atoms with Crippen molar-refractivity contribution in [1.29, 1.82) is 0 Å². The van der Waals surface area contributed by atoms with E-state index in [0.29, 0.717) is 43.3 Å². The van der Waals surface area contributed by atoms with Crippen LogP contribution in [0.4, 0.5) is 0 Å². The van der Waals surface area contributed by atoms with Crippen LogP contribution in [0.15, 0.2) is 52.9 Å². The molecule has 0 spiro atoms. The van der Waals surface area contributed by atoms with E-state index in [1.807, 2.05) is 43.3 Å². The fourth-order valence-electron chi connectivity index (χ4n) is 3.66. The van der Waals surface area contributed by atoms with E-state index in [0.717, 1.165) is 16.7 Å². The number of nitrogens with zero attached hydrogens (tertiary/aromatic N) is 3. The second-order valence-corrected chi connectivity index (χ2v) is 7.45. The lowest BCUT2D eigenvalue weighted by molar-refractivity contribution is -0.146. The van der Waals surface area contributed by atoms with Crippen molar-refractivity contribution in [1.82, 2.24) is 15.1 Å². The van der Waals surface area contributed by atoms with Gasteiger partial charge in [-0.15, -0.1) is 10.2 Å². The number of benzene rings is 2. The Hall–Kier alpha value is -3.48. The summed E-state index contributed by atoms with van der Waals surface area (Å²) in [5.74, 6) is 0.500. The fraction of sp³-hybridized carbons (Fsp3) is 0.304. The molecule has 7 nitrogen and oxygen atoms in total. The molecule has 2 heterocycles. The van der Waals surface area contributed by atoms with Crippen LogP contribution >= 0.6 is 0 Å². The minimum atomic E-state index is -0.198. The van der Waals surface area contributed by atoms with Gasteiger partial charge in [-0.05, 0) is 56.2 Å². The highest BCUT2D eigenvalue weighted by Gasteiger charge is 2.28. The number of amides is 1. The van der Waals surface area contributed by atoms with Crippen molar-refractivity contribution in [2.24, 2.45) is 5.92 Å². The first kappa shape index (κ1) is 19.8. The van der Waals surface area contributed by atoms with E-state index in [1.54, 1.807) is 17.0 Å². The second-order valence-electron chi connectivity index (χ2n) is 7.45. The fourth-order valence-corrected chi connectivity index (χ4v) is 3.66. The summed E-state index contributed by atoms with van der Waals surface area (Å²) in [6, 6.07) is 15.0. The molecule has 154 valence electrons. The van der Waals surface area contributed by atoms with Gasteiger partial charge >= 0.3 is 5.97 Å². The molecule has 0 atom stereocenters. The van der Waals surface area contributed by atoms with E-state index in [1.165, 1.54) is 7.11 Å². The van der Waals surface area contributed by atoms with Crippen LogP contribution < -0.4 is 0 Å². The summed E-state index contributed by atoms with van der Waals surface area (Å²) in [6.45, 7) is 3.10. The van der Waals surface area contributed by atoms with E-state index in [9.17, 15) is 9.59 Å². The van der Waals surface area contributed by atoms with Gasteiger partial charge in [0, 0.05) is 29.8 Å². The van der Waals surface area contributed by atoms with E-state index in [-0.39, 0.29) is 17.8 Å². The number of carbonyl (C=O) groups is 2. The highest BCUT2D eigenvalue weighted by atomic mass is 16.5. The number of aryl methyl sites for hydroxylation is 1. The molecule has 0 N–H and O–H groups in total. The van der Waals surface area contributed by atoms with Crippen LogP contribution in [0, 0.1) is 12.8 Å². The Kier molecular flexibility index (Phi) is 5.61. The molecule has 1 fully saturated rings. The summed E-state index contributed by atoms with van der Waals surface area (Å²) < 4.78 is 10.6. The number of likely N-dealkylation sites (tertiary alicyclic amines) is 1. The lowest BCUT2D eigenvalue weighted by Crippen LogP contribution is -2.40. The van der Waals surface area contributed by atoms with Crippen molar-refractivity contribution in [2.45, 2.75) is 19.8 Å². The maximum absolute atomic E-state index is 12.8. The van der Waals surface area contributed by atoms with Crippen LogP contribution in [0.1, 0.15) is 28.8 Å². The third-order valence-corrected chi connectivity index (χ3v) is 5.39. The molecule has 1 saturated heterocycles. The molecule has 0 radical (unpaired) electrons. The van der Waals surface area contributed by atoms with Gasteiger partial charge in [0.15, 0.2) is 0 Å². The number of esters is 1. The minimum Gasteiger partial charge on any atom is -0.469 e. The molecule has 0 bridgehead atoms. The number of carbonyl (C=O) groups excluding carboxylic acids is 2. The summed E-state index contributed by atoms with van der Waals surface area (Å²) in [6.07, 6.45) is 1.25. The largest absolute Gasteiger partial charge is 0.469 e. The average molecular weight is 405 g/mol. The standard InChI is InChI=1S/C23H23N3O4/c1-15-4-3-5-19(14-15)21-25-24-20(30-21)16-6-8-17(9-7-16)22(27)26-12-10-18(11-13-26)23(28)29-2/h3-9,14,18H,10-13H2,1-2H3. The van der Waals surface area contributed by atoms with Crippen LogP contribution in [0.2, 0.25) is 0 Å². The quantitative estimate of drug-likeness (QED) is 0.615. The molecule has 1 amide bonds. The van der Waals surface area contributed by atoms with Crippen molar-refractivity contribution >= 4 is 11.9 Å². The molecule has 0 unspecified atom stereocenters. The molecular formula is C23H23N3O4. The van der Waals surface area contributed by atoms with Gasteiger partial charge in [0.2, 0.25) is 11.8 Å². The minimum absolute atomic E-state index is 0.0455. The van der Waals surface area contributed by atoms with Crippen LogP contribution in [-0.4, -0.2) is 47.2 Å². The van der Waals surface area contributed by atoms with E-state index in [2.05, 4.69) is 10.2 Å². The summed E-state index contributed by atoms with van der Waals surface area (Å²) in [4.78, 5) is 26.2. The molecule has 0 saturated carbocycles. The lowest BCUT2D eigenvalue weighted by atomic mass is 9.96. The van der Waals surface area contributed by atoms with Crippen molar-refractivity contribution in [3.63, 3.8) is 0 Å². The Bertz CT molecular complexity index is 1050. The smallest absolute Gasteiger partial charge is 0.308 e. The number of piperidine rings is 1. The number of hydrogen-bond donors (Lipinski definition) is 0. The van der Waals surface area contributed by atoms with Gasteiger partial charge in [0.1, 0.15) is 0 Å². The van der Waals surface area contributed by atoms with E-state index >= 15 is 0 Å². The van der Waals surface area contributed by atoms with Gasteiger partial charge in [-0.1, -0.05) is 17.7 Å². The first-order valence-corrected chi connectivity index (χ1v) is 9.93. The van der Waals surface area contributed by atoms with Gasteiger partial charge in [-0.3, -0.25) is 9.59 Å². The Morgan fingerprint density at radius 1 is 1.00 bits per heavy atom. The summed E-state index contributed by atoms with van der Waals surface area (Å²) in [5.41, 5.74) is 3.33. The highest BCUT2D eigenvalue weighted by molar-refractivity contribution is 5.94. The maximum atomic E-state index is 12.8. The predicted molar refractivity (Wildman–Crippen MR) is 111 cm³/mol. The topological polar surface area (TPSA) is 85.5 Å². The van der Waals surface area contributed by atoms with E-state index < -0.39 is 0 Å². The van der Waals surface area contributed by atoms with Crippen molar-refractivity contribution in [3.05, 3.63) is 59.7 Å². The van der Waals surface area contributed by atoms with Crippen LogP contribution in [-0.2, 0) is 9.53 Å². The maximum Gasteiger partial charge on any atom is 0.308 e. The Morgan fingerprint density at radius 3 is 2.30 bits per heavy atom. The third-order valence-electron chi connectivity index (χ3n) is 5.39. The summed E-state index contributed by atoms with van der Waals surface area (Å²) >= 11 is 0. The Morgan fingerprint density at radius 2 is 1.67 bits per heavy atom. The van der Waals surface area contributed by atoms with Crippen LogP contribution in [0.25, 0.3) is 22.9 Å².